The number of alkyl halides is 3. The van der Waals surface area contributed by atoms with Crippen molar-refractivity contribution >= 4 is 17.0 Å². The first-order valence-electron chi connectivity index (χ1n) is 9.43. The Bertz CT molecular complexity index is 1220. The summed E-state index contributed by atoms with van der Waals surface area (Å²) in [6.07, 6.45) is -5.18. The zero-order chi connectivity index (χ0) is 23.1. The lowest BCUT2D eigenvalue weighted by atomic mass is 9.92. The van der Waals surface area contributed by atoms with E-state index in [1.807, 2.05) is 0 Å². The van der Waals surface area contributed by atoms with Crippen LogP contribution in [-0.2, 0) is 22.9 Å². The monoisotopic (exact) mass is 436 g/mol. The molecule has 0 unspecified atom stereocenters. The van der Waals surface area contributed by atoms with E-state index in [0.717, 1.165) is 6.07 Å². The Labute approximate surface area is 175 Å². The maximum absolute atomic E-state index is 13.7. The van der Waals surface area contributed by atoms with Gasteiger partial charge in [-0.3, -0.25) is 9.59 Å². The normalized spacial score (nSPS) is 12.4. The van der Waals surface area contributed by atoms with Crippen LogP contribution in [0.4, 0.5) is 17.6 Å². The second-order valence-corrected chi connectivity index (χ2v) is 8.21. The summed E-state index contributed by atoms with van der Waals surface area (Å²) in [5.74, 6) is -2.48. The Morgan fingerprint density at radius 2 is 1.68 bits per heavy atom. The molecular weight excluding hydrogens is 416 g/mol. The van der Waals surface area contributed by atoms with E-state index in [2.05, 4.69) is 4.98 Å². The number of halogens is 4. The molecule has 2 aromatic carbocycles. The molecule has 164 valence electrons. The second kappa shape index (κ2) is 7.79. The van der Waals surface area contributed by atoms with Crippen LogP contribution in [0.5, 0.6) is 0 Å². The summed E-state index contributed by atoms with van der Waals surface area (Å²) in [4.78, 5) is 28.5. The minimum atomic E-state index is -4.86. The molecule has 31 heavy (non-hydrogen) atoms. The van der Waals surface area contributed by atoms with Gasteiger partial charge in [-0.2, -0.15) is 13.2 Å². The third kappa shape index (κ3) is 4.60. The Kier molecular flexibility index (Phi) is 5.64. The molecule has 0 aliphatic rings. The van der Waals surface area contributed by atoms with Gasteiger partial charge in [-0.25, -0.2) is 9.37 Å². The van der Waals surface area contributed by atoms with Gasteiger partial charge in [0.2, 0.25) is 0 Å². The van der Waals surface area contributed by atoms with Crippen molar-refractivity contribution in [3.8, 4) is 11.1 Å². The summed E-state index contributed by atoms with van der Waals surface area (Å²) in [5.41, 5.74) is -1.11. The highest BCUT2D eigenvalue weighted by molar-refractivity contribution is 5.82. The van der Waals surface area contributed by atoms with Gasteiger partial charge in [0.25, 0.3) is 5.56 Å². The summed E-state index contributed by atoms with van der Waals surface area (Å²) in [7, 11) is 0. The van der Waals surface area contributed by atoms with Crippen LogP contribution in [-0.4, -0.2) is 20.6 Å². The van der Waals surface area contributed by atoms with Crippen molar-refractivity contribution in [2.45, 2.75) is 45.3 Å². The van der Waals surface area contributed by atoms with Gasteiger partial charge in [0.15, 0.2) is 0 Å². The highest BCUT2D eigenvalue weighted by atomic mass is 19.4. The maximum atomic E-state index is 13.7. The van der Waals surface area contributed by atoms with Gasteiger partial charge in [-0.15, -0.1) is 0 Å². The van der Waals surface area contributed by atoms with E-state index in [-0.39, 0.29) is 29.7 Å². The summed E-state index contributed by atoms with van der Waals surface area (Å²) >= 11 is 0. The molecule has 1 N–H and O–H groups in total. The van der Waals surface area contributed by atoms with E-state index in [1.54, 1.807) is 26.8 Å². The number of rotatable bonds is 4. The SMILES string of the molecule is CC(C)(C)c1nc2ccc(-c3ccc(F)c(C(F)(F)F)c3)cc2n(CCC(=O)O)c1=O. The molecule has 9 heteroatoms. The van der Waals surface area contributed by atoms with Crippen LogP contribution in [0.3, 0.4) is 0 Å². The maximum Gasteiger partial charge on any atom is 0.419 e. The highest BCUT2D eigenvalue weighted by Gasteiger charge is 2.34. The Morgan fingerprint density at radius 1 is 1.06 bits per heavy atom. The molecule has 0 bridgehead atoms. The van der Waals surface area contributed by atoms with Crippen molar-refractivity contribution in [2.75, 3.05) is 0 Å². The molecule has 0 atom stereocenters. The largest absolute Gasteiger partial charge is 0.481 e. The van der Waals surface area contributed by atoms with Crippen LogP contribution in [0.15, 0.2) is 41.2 Å². The first-order chi connectivity index (χ1) is 14.3. The van der Waals surface area contributed by atoms with E-state index in [4.69, 9.17) is 5.11 Å². The first-order valence-corrected chi connectivity index (χ1v) is 9.43. The van der Waals surface area contributed by atoms with Crippen LogP contribution in [0.1, 0.15) is 38.4 Å². The van der Waals surface area contributed by atoms with Gasteiger partial charge in [0.1, 0.15) is 11.5 Å². The molecule has 0 saturated heterocycles. The fourth-order valence-electron chi connectivity index (χ4n) is 3.26. The molecule has 3 rings (SSSR count). The van der Waals surface area contributed by atoms with E-state index in [0.29, 0.717) is 17.1 Å². The number of aliphatic carboxylic acids is 1. The van der Waals surface area contributed by atoms with Gasteiger partial charge >= 0.3 is 12.1 Å². The molecule has 0 amide bonds. The van der Waals surface area contributed by atoms with Gasteiger partial charge < -0.3 is 9.67 Å². The standard InChI is InChI=1S/C22H20F4N2O3/c1-21(2,3)19-20(31)28(9-8-18(29)30)17-11-13(5-7-16(17)27-19)12-4-6-15(23)14(10-12)22(24,25)26/h4-7,10-11H,8-9H2,1-3H3,(H,29,30). The third-order valence-electron chi connectivity index (χ3n) is 4.81. The number of hydrogen-bond donors (Lipinski definition) is 1. The van der Waals surface area contributed by atoms with E-state index in [1.165, 1.54) is 22.8 Å². The van der Waals surface area contributed by atoms with Gasteiger partial charge in [0, 0.05) is 12.0 Å². The van der Waals surface area contributed by atoms with Crippen LogP contribution >= 0.6 is 0 Å². The molecule has 0 fully saturated rings. The summed E-state index contributed by atoms with van der Waals surface area (Å²) in [6.45, 7) is 5.28. The molecule has 3 aromatic rings. The predicted molar refractivity (Wildman–Crippen MR) is 107 cm³/mol. The quantitative estimate of drug-likeness (QED) is 0.585. The number of hydrogen-bond acceptors (Lipinski definition) is 3. The Hall–Kier alpha value is -3.23. The van der Waals surface area contributed by atoms with E-state index < -0.39 is 34.5 Å². The molecule has 1 heterocycles. The van der Waals surface area contributed by atoms with Crippen LogP contribution in [0, 0.1) is 5.82 Å². The number of carbonyl (C=O) groups is 1. The molecule has 0 saturated carbocycles. The fraction of sp³-hybridized carbons (Fsp3) is 0.318. The highest BCUT2D eigenvalue weighted by Crippen LogP contribution is 2.35. The Morgan fingerprint density at radius 3 is 2.26 bits per heavy atom. The summed E-state index contributed by atoms with van der Waals surface area (Å²) < 4.78 is 54.2. The lowest BCUT2D eigenvalue weighted by Crippen LogP contribution is -2.33. The van der Waals surface area contributed by atoms with Gasteiger partial charge in [0.05, 0.1) is 23.0 Å². The number of aromatic nitrogens is 2. The third-order valence-corrected chi connectivity index (χ3v) is 4.81. The minimum absolute atomic E-state index is 0.104. The lowest BCUT2D eigenvalue weighted by molar-refractivity contribution is -0.140. The summed E-state index contributed by atoms with van der Waals surface area (Å²) in [6, 6.07) is 7.19. The lowest BCUT2D eigenvalue weighted by Gasteiger charge is -2.20. The number of aryl methyl sites for hydroxylation is 1. The number of carboxylic acid groups (broad SMARTS) is 1. The topological polar surface area (TPSA) is 72.2 Å². The van der Waals surface area contributed by atoms with Crippen LogP contribution in [0.25, 0.3) is 22.2 Å². The first kappa shape index (κ1) is 22.5. The van der Waals surface area contributed by atoms with Gasteiger partial charge in [-0.1, -0.05) is 32.9 Å². The van der Waals surface area contributed by atoms with E-state index in [9.17, 15) is 27.2 Å². The molecule has 0 aliphatic carbocycles. The summed E-state index contributed by atoms with van der Waals surface area (Å²) in [5, 5.41) is 9.06. The van der Waals surface area contributed by atoms with Crippen LogP contribution < -0.4 is 5.56 Å². The average molecular weight is 436 g/mol. The minimum Gasteiger partial charge on any atom is -0.481 e. The number of benzene rings is 2. The number of nitrogens with zero attached hydrogens (tertiary/aromatic N) is 2. The fourth-order valence-corrected chi connectivity index (χ4v) is 3.26. The number of carboxylic acids is 1. The molecule has 0 spiro atoms. The zero-order valence-corrected chi connectivity index (χ0v) is 17.0. The molecular formula is C22H20F4N2O3. The molecule has 1 aromatic heterocycles. The van der Waals surface area contributed by atoms with Crippen molar-refractivity contribution in [3.05, 3.63) is 63.8 Å². The van der Waals surface area contributed by atoms with Crippen molar-refractivity contribution in [2.24, 2.45) is 0 Å². The van der Waals surface area contributed by atoms with E-state index >= 15 is 0 Å². The average Bonchev–Trinajstić information content (AvgIpc) is 2.65. The second-order valence-electron chi connectivity index (χ2n) is 8.21. The van der Waals surface area contributed by atoms with Crippen molar-refractivity contribution in [1.82, 2.24) is 9.55 Å². The van der Waals surface area contributed by atoms with Crippen molar-refractivity contribution < 1.29 is 27.5 Å². The van der Waals surface area contributed by atoms with Crippen molar-refractivity contribution in [1.29, 1.82) is 0 Å². The van der Waals surface area contributed by atoms with Gasteiger partial charge in [-0.05, 0) is 35.4 Å². The van der Waals surface area contributed by atoms with Crippen LogP contribution in [0.2, 0.25) is 0 Å². The smallest absolute Gasteiger partial charge is 0.419 e. The molecule has 0 aliphatic heterocycles. The number of fused-ring (bicyclic) bond motifs is 1. The molecule has 0 radical (unpaired) electrons. The van der Waals surface area contributed by atoms with Crippen molar-refractivity contribution in [3.63, 3.8) is 0 Å². The predicted octanol–water partition coefficient (Wildman–Crippen LogP) is 4.99. The Balaban J connectivity index is 2.25. The molecule has 5 nitrogen and oxygen atoms in total. The zero-order valence-electron chi connectivity index (χ0n) is 17.0.